The van der Waals surface area contributed by atoms with E-state index in [2.05, 4.69) is 69.0 Å². The van der Waals surface area contributed by atoms with Crippen molar-refractivity contribution in [2.45, 2.75) is 64.2 Å². The average molecular weight is 540 g/mol. The van der Waals surface area contributed by atoms with Gasteiger partial charge < -0.3 is 15.0 Å². The minimum absolute atomic E-state index is 0.162. The van der Waals surface area contributed by atoms with Crippen LogP contribution >= 0.6 is 0 Å². The van der Waals surface area contributed by atoms with E-state index in [9.17, 15) is 9.90 Å². The lowest BCUT2D eigenvalue weighted by molar-refractivity contribution is -0.140. The molecule has 3 aliphatic rings. The Balaban J connectivity index is 1.17. The number of nitrogens with one attached hydrogen (secondary N) is 2. The summed E-state index contributed by atoms with van der Waals surface area (Å²) >= 11 is 0. The Morgan fingerprint density at radius 1 is 1.12 bits per heavy atom. The molecule has 0 radical (unpaired) electrons. The van der Waals surface area contributed by atoms with Gasteiger partial charge >= 0.3 is 0 Å². The number of nitrogens with zero attached hydrogens (tertiary/aromatic N) is 5. The number of carbonyl (C=O) groups is 1. The van der Waals surface area contributed by atoms with Gasteiger partial charge in [0.25, 0.3) is 0 Å². The number of hydrogen-bond acceptors (Lipinski definition) is 6. The number of carbonyl (C=O) groups excluding carboxylic acids is 1. The fraction of sp³-hybridized carbons (Fsp3) is 0.452. The standard InChI is InChI=1S/C31H37N7O2/c1-4-10-37-17-27-26(14-28(37)31(40)38-16-20-13-21(38)15-36(20)3)32-30(33-27)29-24-8-6-19(12-25(24)34-35-29)23-9-7-22(39)11-18(23)5-2/h6-9,11-12,20-21,28,39H,4-5,10,13-17H2,1-3H3,(H,32,33)(H,34,35). The third-order valence-electron chi connectivity index (χ3n) is 9.21. The van der Waals surface area contributed by atoms with Crippen LogP contribution in [0.1, 0.15) is 43.6 Å². The molecule has 2 saturated heterocycles. The molecule has 0 saturated carbocycles. The van der Waals surface area contributed by atoms with E-state index in [-0.39, 0.29) is 17.7 Å². The van der Waals surface area contributed by atoms with E-state index >= 15 is 0 Å². The van der Waals surface area contributed by atoms with Crippen molar-refractivity contribution >= 4 is 16.8 Å². The topological polar surface area (TPSA) is 104 Å². The summed E-state index contributed by atoms with van der Waals surface area (Å²) in [7, 11) is 2.17. The number of amides is 1. The van der Waals surface area contributed by atoms with Gasteiger partial charge in [0.15, 0.2) is 5.82 Å². The lowest BCUT2D eigenvalue weighted by Gasteiger charge is -2.39. The van der Waals surface area contributed by atoms with Crippen molar-refractivity contribution in [2.75, 3.05) is 26.7 Å². The lowest BCUT2D eigenvalue weighted by atomic mass is 9.97. The smallest absolute Gasteiger partial charge is 0.240 e. The number of rotatable bonds is 6. The van der Waals surface area contributed by atoms with Crippen molar-refractivity contribution in [1.82, 2.24) is 34.9 Å². The number of aryl methyl sites for hydroxylation is 1. The number of phenolic OH excluding ortho intramolecular Hbond substituents is 1. The molecule has 0 aliphatic carbocycles. The van der Waals surface area contributed by atoms with Gasteiger partial charge in [-0.25, -0.2) is 4.98 Å². The first-order valence-corrected chi connectivity index (χ1v) is 14.6. The van der Waals surface area contributed by atoms with Gasteiger partial charge in [-0.15, -0.1) is 0 Å². The van der Waals surface area contributed by atoms with Crippen molar-refractivity contribution in [2.24, 2.45) is 0 Å². The largest absolute Gasteiger partial charge is 0.508 e. The molecule has 2 aromatic heterocycles. The first kappa shape index (κ1) is 25.3. The minimum atomic E-state index is -0.162. The number of aromatic amines is 2. The van der Waals surface area contributed by atoms with Crippen LogP contribution in [0, 0.1) is 0 Å². The van der Waals surface area contributed by atoms with Crippen LogP contribution in [0.4, 0.5) is 0 Å². The van der Waals surface area contributed by atoms with Gasteiger partial charge in [0.05, 0.1) is 22.9 Å². The number of aromatic nitrogens is 4. The van der Waals surface area contributed by atoms with Crippen molar-refractivity contribution in [3.8, 4) is 28.4 Å². The van der Waals surface area contributed by atoms with Crippen molar-refractivity contribution in [3.05, 3.63) is 53.3 Å². The van der Waals surface area contributed by atoms with E-state index in [1.54, 1.807) is 6.07 Å². The van der Waals surface area contributed by atoms with E-state index in [0.717, 1.165) is 89.4 Å². The summed E-state index contributed by atoms with van der Waals surface area (Å²) in [6, 6.07) is 12.5. The highest BCUT2D eigenvalue weighted by Gasteiger charge is 2.46. The molecule has 3 aliphatic heterocycles. The van der Waals surface area contributed by atoms with Crippen LogP contribution in [-0.4, -0.2) is 90.7 Å². The van der Waals surface area contributed by atoms with Crippen LogP contribution in [0.5, 0.6) is 5.75 Å². The molecule has 2 fully saturated rings. The third-order valence-corrected chi connectivity index (χ3v) is 9.21. The number of benzene rings is 2. The van der Waals surface area contributed by atoms with Gasteiger partial charge in [0, 0.05) is 43.5 Å². The zero-order valence-electron chi connectivity index (χ0n) is 23.4. The molecule has 2 aromatic carbocycles. The summed E-state index contributed by atoms with van der Waals surface area (Å²) in [5.74, 6) is 1.30. The SMILES string of the molecule is CCCN1Cc2[nH]c(-c3n[nH]c4cc(-c5ccc(O)cc5CC)ccc34)nc2CC1C(=O)N1CC2CC1CN2C. The maximum absolute atomic E-state index is 13.8. The lowest BCUT2D eigenvalue weighted by Crippen LogP contribution is -2.56. The average Bonchev–Trinajstić information content (AvgIpc) is 3.74. The van der Waals surface area contributed by atoms with Crippen LogP contribution in [0.15, 0.2) is 36.4 Å². The first-order chi connectivity index (χ1) is 19.4. The number of imidazole rings is 1. The summed E-state index contributed by atoms with van der Waals surface area (Å²) in [5, 5.41) is 18.8. The van der Waals surface area contributed by atoms with Gasteiger partial charge in [0.1, 0.15) is 11.4 Å². The van der Waals surface area contributed by atoms with Crippen molar-refractivity contribution in [3.63, 3.8) is 0 Å². The van der Waals surface area contributed by atoms with E-state index < -0.39 is 0 Å². The summed E-state index contributed by atoms with van der Waals surface area (Å²) in [6.45, 7) is 7.68. The molecule has 1 amide bonds. The van der Waals surface area contributed by atoms with E-state index in [4.69, 9.17) is 4.98 Å². The van der Waals surface area contributed by atoms with Gasteiger partial charge in [-0.1, -0.05) is 26.0 Å². The van der Waals surface area contributed by atoms with Crippen molar-refractivity contribution in [1.29, 1.82) is 0 Å². The number of phenols is 1. The number of aromatic hydroxyl groups is 1. The van der Waals surface area contributed by atoms with Gasteiger partial charge in [-0.2, -0.15) is 5.10 Å². The summed E-state index contributed by atoms with van der Waals surface area (Å²) in [6.07, 6.45) is 3.56. The Kier molecular flexibility index (Phi) is 6.16. The predicted molar refractivity (Wildman–Crippen MR) is 155 cm³/mol. The molecule has 7 rings (SSSR count). The number of piperazine rings is 1. The number of hydrogen-bond donors (Lipinski definition) is 3. The second-order valence-corrected chi connectivity index (χ2v) is 11.7. The summed E-state index contributed by atoms with van der Waals surface area (Å²) < 4.78 is 0. The molecule has 3 atom stereocenters. The Morgan fingerprint density at radius 3 is 2.75 bits per heavy atom. The second kappa shape index (κ2) is 9.74. The fourth-order valence-corrected chi connectivity index (χ4v) is 7.10. The molecule has 4 aromatic rings. The highest BCUT2D eigenvalue weighted by Crippen LogP contribution is 2.35. The Hall–Kier alpha value is -3.69. The zero-order chi connectivity index (χ0) is 27.5. The molecule has 5 heterocycles. The molecule has 3 unspecified atom stereocenters. The maximum atomic E-state index is 13.8. The van der Waals surface area contributed by atoms with Gasteiger partial charge in [0.2, 0.25) is 5.91 Å². The molecule has 3 N–H and O–H groups in total. The van der Waals surface area contributed by atoms with Crippen LogP contribution in [0.2, 0.25) is 0 Å². The monoisotopic (exact) mass is 539 g/mol. The van der Waals surface area contributed by atoms with E-state index in [1.165, 1.54) is 0 Å². The highest BCUT2D eigenvalue weighted by atomic mass is 16.3. The molecule has 40 heavy (non-hydrogen) atoms. The number of fused-ring (bicyclic) bond motifs is 4. The Bertz CT molecular complexity index is 1590. The van der Waals surface area contributed by atoms with Crippen molar-refractivity contribution < 1.29 is 9.90 Å². The second-order valence-electron chi connectivity index (χ2n) is 11.7. The van der Waals surface area contributed by atoms with Crippen LogP contribution in [-0.2, 0) is 24.2 Å². The predicted octanol–water partition coefficient (Wildman–Crippen LogP) is 3.94. The number of H-pyrrole nitrogens is 2. The molecule has 9 heteroatoms. The molecular weight excluding hydrogens is 502 g/mol. The molecule has 2 bridgehead atoms. The van der Waals surface area contributed by atoms with Gasteiger partial charge in [-0.05, 0) is 73.8 Å². The molecule has 208 valence electrons. The van der Waals surface area contributed by atoms with Crippen LogP contribution in [0.25, 0.3) is 33.5 Å². The van der Waals surface area contributed by atoms with Crippen LogP contribution in [0.3, 0.4) is 0 Å². The maximum Gasteiger partial charge on any atom is 0.240 e. The zero-order valence-corrected chi connectivity index (χ0v) is 23.4. The Labute approximate surface area is 234 Å². The minimum Gasteiger partial charge on any atom is -0.508 e. The Morgan fingerprint density at radius 2 is 2.00 bits per heavy atom. The third kappa shape index (κ3) is 4.10. The molecular formula is C31H37N7O2. The highest BCUT2D eigenvalue weighted by molar-refractivity contribution is 5.94. The molecule has 9 nitrogen and oxygen atoms in total. The first-order valence-electron chi connectivity index (χ1n) is 14.6. The molecule has 0 spiro atoms. The fourth-order valence-electron chi connectivity index (χ4n) is 7.10. The summed E-state index contributed by atoms with van der Waals surface area (Å²) in [4.78, 5) is 29.2. The summed E-state index contributed by atoms with van der Waals surface area (Å²) in [5.41, 5.74) is 7.08. The normalized spacial score (nSPS) is 22.9. The number of likely N-dealkylation sites (N-methyl/N-ethyl adjacent to an activating group) is 1. The van der Waals surface area contributed by atoms with Gasteiger partial charge in [-0.3, -0.25) is 19.7 Å². The van der Waals surface area contributed by atoms with E-state index in [0.29, 0.717) is 25.0 Å². The van der Waals surface area contributed by atoms with Crippen LogP contribution < -0.4 is 0 Å². The quantitative estimate of drug-likeness (QED) is 0.343. The number of likely N-dealkylation sites (tertiary alicyclic amines) is 2. The van der Waals surface area contributed by atoms with E-state index in [1.807, 2.05) is 12.1 Å².